The van der Waals surface area contributed by atoms with Crippen LogP contribution < -0.4 is 10.6 Å². The van der Waals surface area contributed by atoms with E-state index in [0.29, 0.717) is 25.3 Å². The van der Waals surface area contributed by atoms with E-state index in [-0.39, 0.29) is 17.2 Å². The van der Waals surface area contributed by atoms with Gasteiger partial charge in [-0.15, -0.1) is 0 Å². The molecule has 0 aliphatic carbocycles. The van der Waals surface area contributed by atoms with Gasteiger partial charge in [-0.1, -0.05) is 38.5 Å². The molecule has 1 atom stereocenters. The van der Waals surface area contributed by atoms with Gasteiger partial charge in [0.05, 0.1) is 18.9 Å². The number of ether oxygens (including phenoxy) is 1. The fourth-order valence-electron chi connectivity index (χ4n) is 3.82. The molecule has 1 fully saturated rings. The van der Waals surface area contributed by atoms with Crippen LogP contribution in [0.5, 0.6) is 0 Å². The summed E-state index contributed by atoms with van der Waals surface area (Å²) in [4.78, 5) is 30.9. The number of anilines is 1. The van der Waals surface area contributed by atoms with E-state index in [9.17, 15) is 9.59 Å². The molecule has 0 unspecified atom stereocenters. The minimum atomic E-state index is -0.242. The van der Waals surface area contributed by atoms with Crippen LogP contribution in [0.4, 0.5) is 5.69 Å². The summed E-state index contributed by atoms with van der Waals surface area (Å²) in [5.41, 5.74) is 1.30. The Bertz CT molecular complexity index is 732. The number of carbonyl (C=O) groups is 2. The Hall–Kier alpha value is -1.61. The zero-order valence-electron chi connectivity index (χ0n) is 18.8. The lowest BCUT2D eigenvalue weighted by Crippen LogP contribution is -2.48. The van der Waals surface area contributed by atoms with Gasteiger partial charge in [0.25, 0.3) is 11.8 Å². The van der Waals surface area contributed by atoms with Gasteiger partial charge in [0.2, 0.25) is 0 Å². The Kier molecular flexibility index (Phi) is 9.64. The molecule has 2 N–H and O–H groups in total. The molecule has 2 heterocycles. The Morgan fingerprint density at radius 1 is 1.19 bits per heavy atom. The summed E-state index contributed by atoms with van der Waals surface area (Å²) in [7, 11) is 0. The molecule has 1 aromatic carbocycles. The Morgan fingerprint density at radius 3 is 2.58 bits per heavy atom. The van der Waals surface area contributed by atoms with Gasteiger partial charge in [-0.05, 0) is 44.1 Å². The number of carbonyl (C=O) groups excluding carboxylic acids is 2. The second-order valence-corrected chi connectivity index (χ2v) is 9.25. The molecule has 2 aliphatic rings. The number of amides is 2. The fourth-order valence-corrected chi connectivity index (χ4v) is 4.97. The van der Waals surface area contributed by atoms with Crippen molar-refractivity contribution in [2.45, 2.75) is 49.8 Å². The van der Waals surface area contributed by atoms with Crippen LogP contribution in [0, 0.1) is 0 Å². The predicted molar refractivity (Wildman–Crippen MR) is 126 cm³/mol. The van der Waals surface area contributed by atoms with Crippen LogP contribution >= 0.6 is 11.8 Å². The summed E-state index contributed by atoms with van der Waals surface area (Å²) >= 11 is 1.55. The second kappa shape index (κ2) is 12.4. The maximum absolute atomic E-state index is 12.7. The van der Waals surface area contributed by atoms with Gasteiger partial charge in [0, 0.05) is 36.6 Å². The molecular formula is C23H36N4O3S. The van der Waals surface area contributed by atoms with Crippen LogP contribution in [0.25, 0.3) is 0 Å². The summed E-state index contributed by atoms with van der Waals surface area (Å²) < 4.78 is 5.39. The average molecular weight is 449 g/mol. The van der Waals surface area contributed by atoms with E-state index in [4.69, 9.17) is 4.74 Å². The molecule has 0 spiro atoms. The van der Waals surface area contributed by atoms with Gasteiger partial charge < -0.3 is 20.3 Å². The van der Waals surface area contributed by atoms with Crippen molar-refractivity contribution < 1.29 is 14.3 Å². The molecular weight excluding hydrogens is 412 g/mol. The van der Waals surface area contributed by atoms with E-state index in [1.54, 1.807) is 17.8 Å². The Morgan fingerprint density at radius 2 is 1.90 bits per heavy atom. The van der Waals surface area contributed by atoms with Crippen molar-refractivity contribution in [1.29, 1.82) is 0 Å². The molecule has 7 nitrogen and oxygen atoms in total. The van der Waals surface area contributed by atoms with Crippen molar-refractivity contribution in [3.8, 4) is 0 Å². The first-order valence-electron chi connectivity index (χ1n) is 11.6. The monoisotopic (exact) mass is 448 g/mol. The van der Waals surface area contributed by atoms with Gasteiger partial charge in [0.1, 0.15) is 5.37 Å². The lowest BCUT2D eigenvalue weighted by molar-refractivity contribution is -0.119. The number of nitrogens with one attached hydrogen (secondary N) is 2. The summed E-state index contributed by atoms with van der Waals surface area (Å²) in [5.74, 6) is -0.122. The number of morpholine rings is 1. The number of benzene rings is 1. The molecule has 1 saturated heterocycles. The third kappa shape index (κ3) is 6.94. The van der Waals surface area contributed by atoms with Crippen LogP contribution in [0.1, 0.15) is 49.9 Å². The molecule has 31 heavy (non-hydrogen) atoms. The highest BCUT2D eigenvalue weighted by Crippen LogP contribution is 2.37. The minimum absolute atomic E-state index is 0.0283. The third-order valence-corrected chi connectivity index (χ3v) is 7.05. The van der Waals surface area contributed by atoms with Crippen molar-refractivity contribution in [2.24, 2.45) is 0 Å². The number of thioether (sulfide) groups is 1. The number of fused-ring (bicyclic) bond motifs is 1. The third-order valence-electron chi connectivity index (χ3n) is 5.71. The molecule has 0 aromatic heterocycles. The van der Waals surface area contributed by atoms with E-state index in [1.165, 1.54) is 25.7 Å². The molecule has 0 bridgehead atoms. The lowest BCUT2D eigenvalue weighted by atomic mass is 10.1. The number of nitrogens with zero attached hydrogens (tertiary/aromatic N) is 2. The Balaban J connectivity index is 1.53. The van der Waals surface area contributed by atoms with Crippen LogP contribution in [0.15, 0.2) is 23.1 Å². The second-order valence-electron chi connectivity index (χ2n) is 8.12. The first kappa shape index (κ1) is 24.0. The van der Waals surface area contributed by atoms with E-state index < -0.39 is 0 Å². The lowest BCUT2D eigenvalue weighted by Gasteiger charge is -2.35. The smallest absolute Gasteiger partial charge is 0.252 e. The van der Waals surface area contributed by atoms with E-state index in [1.807, 2.05) is 12.1 Å². The first-order chi connectivity index (χ1) is 15.1. The molecule has 2 amide bonds. The van der Waals surface area contributed by atoms with Crippen molar-refractivity contribution in [3.63, 3.8) is 0 Å². The van der Waals surface area contributed by atoms with Gasteiger partial charge in [0.15, 0.2) is 0 Å². The normalized spacial score (nSPS) is 19.2. The molecule has 3 rings (SSSR count). The van der Waals surface area contributed by atoms with Gasteiger partial charge in [-0.3, -0.25) is 14.5 Å². The topological polar surface area (TPSA) is 73.9 Å². The molecule has 2 aliphatic heterocycles. The highest BCUT2D eigenvalue weighted by molar-refractivity contribution is 8.00. The molecule has 0 saturated carbocycles. The van der Waals surface area contributed by atoms with Crippen molar-refractivity contribution in [2.75, 3.05) is 57.8 Å². The summed E-state index contributed by atoms with van der Waals surface area (Å²) in [6.07, 6.45) is 4.73. The number of hydrogen-bond donors (Lipinski definition) is 2. The molecule has 8 heteroatoms. The van der Waals surface area contributed by atoms with E-state index in [0.717, 1.165) is 43.3 Å². The number of unbranched alkanes of at least 4 members (excludes halogenated alkanes) is 2. The maximum atomic E-state index is 12.7. The van der Waals surface area contributed by atoms with Crippen molar-refractivity contribution in [3.05, 3.63) is 23.8 Å². The van der Waals surface area contributed by atoms with E-state index >= 15 is 0 Å². The van der Waals surface area contributed by atoms with E-state index in [2.05, 4.69) is 34.3 Å². The predicted octanol–water partition coefficient (Wildman–Crippen LogP) is 3.02. The largest absolute Gasteiger partial charge is 0.379 e. The van der Waals surface area contributed by atoms with Gasteiger partial charge >= 0.3 is 0 Å². The zero-order chi connectivity index (χ0) is 22.1. The van der Waals surface area contributed by atoms with Crippen molar-refractivity contribution in [1.82, 2.24) is 15.1 Å². The Labute approximate surface area is 190 Å². The quantitative estimate of drug-likeness (QED) is 0.542. The first-order valence-corrected chi connectivity index (χ1v) is 12.4. The highest BCUT2D eigenvalue weighted by atomic mass is 32.2. The molecule has 172 valence electrons. The van der Waals surface area contributed by atoms with Crippen LogP contribution in [-0.2, 0) is 9.53 Å². The van der Waals surface area contributed by atoms with Gasteiger partial charge in [-0.2, -0.15) is 0 Å². The highest BCUT2D eigenvalue weighted by Gasteiger charge is 2.33. The average Bonchev–Trinajstić information content (AvgIpc) is 2.80. The summed E-state index contributed by atoms with van der Waals surface area (Å²) in [6.45, 7) is 10.9. The van der Waals surface area contributed by atoms with Crippen LogP contribution in [0.2, 0.25) is 0 Å². The summed E-state index contributed by atoms with van der Waals surface area (Å²) in [5, 5.41) is 5.79. The van der Waals surface area contributed by atoms with Crippen LogP contribution in [-0.4, -0.2) is 79.5 Å². The minimum Gasteiger partial charge on any atom is -0.379 e. The fraction of sp³-hybridized carbons (Fsp3) is 0.652. The SMILES string of the molecule is CCCCN(CCCC)CCNC(=O)c1ccc2c(c1)NC(=O)[C@@H](N1CCOCC1)S2. The summed E-state index contributed by atoms with van der Waals surface area (Å²) in [6, 6.07) is 5.58. The number of rotatable bonds is 11. The molecule has 1 aromatic rings. The maximum Gasteiger partial charge on any atom is 0.252 e. The molecule has 0 radical (unpaired) electrons. The number of hydrogen-bond acceptors (Lipinski definition) is 6. The zero-order valence-corrected chi connectivity index (χ0v) is 19.6. The standard InChI is InChI=1S/C23H36N4O3S/c1-3-5-10-26(11-6-4-2)12-9-24-21(28)18-7-8-20-19(17-18)25-22(29)23(31-20)27-13-15-30-16-14-27/h7-8,17,23H,3-6,9-16H2,1-2H3,(H,24,28)(H,25,29)/t23-/m0/s1. The van der Waals surface area contributed by atoms with Crippen LogP contribution in [0.3, 0.4) is 0 Å². The van der Waals surface area contributed by atoms with Gasteiger partial charge in [-0.25, -0.2) is 0 Å². The van der Waals surface area contributed by atoms with Crippen molar-refractivity contribution >= 4 is 29.3 Å².